The minimum Gasteiger partial charge on any atom is -0.337 e. The Bertz CT molecular complexity index is 1390. The normalized spacial score (nSPS) is 13.6. The summed E-state index contributed by atoms with van der Waals surface area (Å²) in [5, 5.41) is 5.25. The number of aryl methyl sites for hydroxylation is 1. The van der Waals surface area contributed by atoms with Crippen LogP contribution in [0.15, 0.2) is 103 Å². The number of hydrogen-bond donors (Lipinski definition) is 0. The van der Waals surface area contributed by atoms with Crippen molar-refractivity contribution in [2.75, 3.05) is 22.9 Å². The van der Waals surface area contributed by atoms with Gasteiger partial charge in [0, 0.05) is 35.2 Å². The third-order valence-corrected chi connectivity index (χ3v) is 6.35. The van der Waals surface area contributed by atoms with Crippen molar-refractivity contribution in [3.63, 3.8) is 0 Å². The summed E-state index contributed by atoms with van der Waals surface area (Å²) in [6, 6.07) is 37.3. The van der Waals surface area contributed by atoms with Gasteiger partial charge in [0.25, 0.3) is 0 Å². The molecule has 0 radical (unpaired) electrons. The minimum atomic E-state index is 0.938. The molecule has 5 aromatic rings. The molecule has 0 N–H and O–H groups in total. The van der Waals surface area contributed by atoms with Gasteiger partial charge in [0.1, 0.15) is 0 Å². The molecular formula is C29H24N2. The van der Waals surface area contributed by atoms with Gasteiger partial charge in [0.05, 0.1) is 11.4 Å². The first-order chi connectivity index (χ1) is 15.3. The molecule has 5 aromatic carbocycles. The highest BCUT2D eigenvalue weighted by molar-refractivity contribution is 6.22. The zero-order valence-corrected chi connectivity index (χ0v) is 17.6. The predicted molar refractivity (Wildman–Crippen MR) is 133 cm³/mol. The number of fused-ring (bicyclic) bond motifs is 6. The molecule has 2 heteroatoms. The standard InChI is InChI=1S/C29H24N2/c1-21-16-17-25-24-14-8-9-15-26(24)28-29(27(25)20-21)31(23-12-6-3-7-13-23)19-18-30(28)22-10-4-2-5-11-22/h2-17,20H,18-19H2,1H3. The first kappa shape index (κ1) is 18.0. The van der Waals surface area contributed by atoms with Crippen molar-refractivity contribution < 1.29 is 0 Å². The molecule has 2 nitrogen and oxygen atoms in total. The minimum absolute atomic E-state index is 0.938. The van der Waals surface area contributed by atoms with E-state index >= 15 is 0 Å². The Labute approximate surface area is 183 Å². The Hall–Kier alpha value is -3.78. The topological polar surface area (TPSA) is 6.48 Å². The van der Waals surface area contributed by atoms with Crippen LogP contribution in [0.4, 0.5) is 22.7 Å². The number of para-hydroxylation sites is 2. The summed E-state index contributed by atoms with van der Waals surface area (Å²) in [6.45, 7) is 4.06. The summed E-state index contributed by atoms with van der Waals surface area (Å²) >= 11 is 0. The van der Waals surface area contributed by atoms with Crippen LogP contribution in [0.25, 0.3) is 21.5 Å². The van der Waals surface area contributed by atoms with E-state index in [0.717, 1.165) is 13.1 Å². The Balaban J connectivity index is 1.76. The molecule has 0 saturated heterocycles. The molecule has 6 rings (SSSR count). The molecular weight excluding hydrogens is 376 g/mol. The fourth-order valence-electron chi connectivity index (χ4n) is 4.97. The second-order valence-corrected chi connectivity index (χ2v) is 8.27. The molecule has 0 spiro atoms. The highest BCUT2D eigenvalue weighted by Crippen LogP contribution is 2.50. The molecule has 0 aromatic heterocycles. The summed E-state index contributed by atoms with van der Waals surface area (Å²) in [6.07, 6.45) is 0. The van der Waals surface area contributed by atoms with E-state index in [1.165, 1.54) is 49.9 Å². The average Bonchev–Trinajstić information content (AvgIpc) is 2.84. The molecule has 0 amide bonds. The fraction of sp³-hybridized carbons (Fsp3) is 0.103. The first-order valence-corrected chi connectivity index (χ1v) is 10.9. The largest absolute Gasteiger partial charge is 0.337 e. The Morgan fingerprint density at radius 3 is 1.58 bits per heavy atom. The first-order valence-electron chi connectivity index (χ1n) is 10.9. The van der Waals surface area contributed by atoms with E-state index in [4.69, 9.17) is 0 Å². The monoisotopic (exact) mass is 400 g/mol. The van der Waals surface area contributed by atoms with Gasteiger partial charge >= 0.3 is 0 Å². The van der Waals surface area contributed by atoms with E-state index < -0.39 is 0 Å². The van der Waals surface area contributed by atoms with E-state index in [0.29, 0.717) is 0 Å². The highest BCUT2D eigenvalue weighted by Gasteiger charge is 2.29. The number of benzene rings is 5. The van der Waals surface area contributed by atoms with Gasteiger partial charge in [-0.3, -0.25) is 0 Å². The third-order valence-electron chi connectivity index (χ3n) is 6.35. The van der Waals surface area contributed by atoms with Gasteiger partial charge in [0.15, 0.2) is 0 Å². The van der Waals surface area contributed by atoms with Gasteiger partial charge < -0.3 is 9.80 Å². The Morgan fingerprint density at radius 1 is 0.484 bits per heavy atom. The van der Waals surface area contributed by atoms with E-state index in [1.807, 2.05) is 0 Å². The number of nitrogens with zero attached hydrogens (tertiary/aromatic N) is 2. The Morgan fingerprint density at radius 2 is 0.968 bits per heavy atom. The number of rotatable bonds is 2. The number of hydrogen-bond acceptors (Lipinski definition) is 2. The Kier molecular flexibility index (Phi) is 4.17. The van der Waals surface area contributed by atoms with Gasteiger partial charge in [0.2, 0.25) is 0 Å². The fourth-order valence-corrected chi connectivity index (χ4v) is 4.97. The molecule has 0 saturated carbocycles. The van der Waals surface area contributed by atoms with Gasteiger partial charge in [-0.15, -0.1) is 0 Å². The second-order valence-electron chi connectivity index (χ2n) is 8.27. The molecule has 1 heterocycles. The molecule has 0 fully saturated rings. The third kappa shape index (κ3) is 2.87. The summed E-state index contributed by atoms with van der Waals surface area (Å²) < 4.78 is 0. The van der Waals surface area contributed by atoms with E-state index in [2.05, 4.69) is 120 Å². The van der Waals surface area contributed by atoms with Crippen LogP contribution >= 0.6 is 0 Å². The molecule has 0 bridgehead atoms. The van der Waals surface area contributed by atoms with Crippen LogP contribution in [0, 0.1) is 6.92 Å². The van der Waals surface area contributed by atoms with Crippen molar-refractivity contribution >= 4 is 44.3 Å². The van der Waals surface area contributed by atoms with Crippen LogP contribution < -0.4 is 9.80 Å². The van der Waals surface area contributed by atoms with Crippen molar-refractivity contribution in [2.45, 2.75) is 6.92 Å². The van der Waals surface area contributed by atoms with Crippen molar-refractivity contribution in [1.29, 1.82) is 0 Å². The van der Waals surface area contributed by atoms with E-state index in [9.17, 15) is 0 Å². The summed E-state index contributed by atoms with van der Waals surface area (Å²) in [7, 11) is 0. The lowest BCUT2D eigenvalue weighted by atomic mass is 9.94. The van der Waals surface area contributed by atoms with E-state index in [1.54, 1.807) is 0 Å². The van der Waals surface area contributed by atoms with Crippen LogP contribution in [0.5, 0.6) is 0 Å². The van der Waals surface area contributed by atoms with Gasteiger partial charge in [-0.25, -0.2) is 0 Å². The van der Waals surface area contributed by atoms with Crippen molar-refractivity contribution in [2.24, 2.45) is 0 Å². The summed E-state index contributed by atoms with van der Waals surface area (Å²) in [5.41, 5.74) is 6.38. The van der Waals surface area contributed by atoms with Gasteiger partial charge in [-0.05, 0) is 48.0 Å². The highest BCUT2D eigenvalue weighted by atomic mass is 15.3. The molecule has 31 heavy (non-hydrogen) atoms. The van der Waals surface area contributed by atoms with Crippen LogP contribution in [-0.4, -0.2) is 13.1 Å². The molecule has 1 aliphatic heterocycles. The quantitative estimate of drug-likeness (QED) is 0.282. The van der Waals surface area contributed by atoms with Crippen LogP contribution in [-0.2, 0) is 0 Å². The van der Waals surface area contributed by atoms with Crippen molar-refractivity contribution in [1.82, 2.24) is 0 Å². The van der Waals surface area contributed by atoms with Crippen LogP contribution in [0.2, 0.25) is 0 Å². The maximum Gasteiger partial charge on any atom is 0.0739 e. The summed E-state index contributed by atoms with van der Waals surface area (Å²) in [4.78, 5) is 5.00. The maximum absolute atomic E-state index is 2.50. The van der Waals surface area contributed by atoms with Crippen LogP contribution in [0.3, 0.4) is 0 Å². The maximum atomic E-state index is 2.50. The summed E-state index contributed by atoms with van der Waals surface area (Å²) in [5.74, 6) is 0. The number of anilines is 4. The second kappa shape index (κ2) is 7.17. The molecule has 0 atom stereocenters. The van der Waals surface area contributed by atoms with Gasteiger partial charge in [-0.1, -0.05) is 78.4 Å². The van der Waals surface area contributed by atoms with Crippen molar-refractivity contribution in [3.8, 4) is 0 Å². The molecule has 150 valence electrons. The molecule has 1 aliphatic rings. The van der Waals surface area contributed by atoms with Crippen molar-refractivity contribution in [3.05, 3.63) is 109 Å². The lowest BCUT2D eigenvalue weighted by Crippen LogP contribution is -2.36. The van der Waals surface area contributed by atoms with E-state index in [-0.39, 0.29) is 0 Å². The lowest BCUT2D eigenvalue weighted by Gasteiger charge is -2.41. The smallest absolute Gasteiger partial charge is 0.0739 e. The SMILES string of the molecule is Cc1ccc2c(c1)c1c(c3ccccc32)N(c2ccccc2)CCN1c1ccccc1. The zero-order valence-electron chi connectivity index (χ0n) is 17.6. The molecule has 0 unspecified atom stereocenters. The zero-order chi connectivity index (χ0) is 20.8. The predicted octanol–water partition coefficient (Wildman–Crippen LogP) is 7.59. The van der Waals surface area contributed by atoms with Gasteiger partial charge in [-0.2, -0.15) is 0 Å². The molecule has 0 aliphatic carbocycles. The van der Waals surface area contributed by atoms with Crippen LogP contribution in [0.1, 0.15) is 5.56 Å². The lowest BCUT2D eigenvalue weighted by molar-refractivity contribution is 0.857. The average molecular weight is 401 g/mol.